The zero-order valence-electron chi connectivity index (χ0n) is 16.2. The van der Waals surface area contributed by atoms with Crippen LogP contribution in [0.5, 0.6) is 5.75 Å². The molecule has 7 nitrogen and oxygen atoms in total. The molecule has 0 saturated carbocycles. The number of ether oxygens (including phenoxy) is 1. The fraction of sp³-hybridized carbons (Fsp3) is 0.238. The maximum absolute atomic E-state index is 5.56. The van der Waals surface area contributed by atoms with Gasteiger partial charge < -0.3 is 4.74 Å². The number of nitrogens with zero attached hydrogens (tertiary/aromatic N) is 5. The number of hydrogen-bond acceptors (Lipinski definition) is 6. The molecule has 4 aromatic rings. The molecule has 0 unspecified atom stereocenters. The molecule has 0 aliphatic carbocycles. The Morgan fingerprint density at radius 1 is 1.00 bits per heavy atom. The van der Waals surface area contributed by atoms with E-state index in [1.54, 1.807) is 18.9 Å². The minimum absolute atomic E-state index is 0.569. The van der Waals surface area contributed by atoms with Crippen molar-refractivity contribution in [3.8, 4) is 23.1 Å². The summed E-state index contributed by atoms with van der Waals surface area (Å²) in [4.78, 5) is 4.24. The summed E-state index contributed by atoms with van der Waals surface area (Å²) in [6.45, 7) is 0. The lowest BCUT2D eigenvalue weighted by Gasteiger charge is -2.12. The van der Waals surface area contributed by atoms with Gasteiger partial charge in [-0.15, -0.1) is 10.2 Å². The van der Waals surface area contributed by atoms with Crippen molar-refractivity contribution in [1.82, 2.24) is 29.9 Å². The van der Waals surface area contributed by atoms with Gasteiger partial charge in [0.1, 0.15) is 12.1 Å². The molecule has 0 atom stereocenters. The van der Waals surface area contributed by atoms with Gasteiger partial charge in [-0.1, -0.05) is 54.2 Å². The fourth-order valence-electron chi connectivity index (χ4n) is 3.10. The summed E-state index contributed by atoms with van der Waals surface area (Å²) in [7, 11) is 1.66. The van der Waals surface area contributed by atoms with Crippen LogP contribution in [-0.4, -0.2) is 42.8 Å². The van der Waals surface area contributed by atoms with Crippen molar-refractivity contribution < 1.29 is 4.74 Å². The third kappa shape index (κ3) is 4.48. The lowest BCUT2D eigenvalue weighted by Crippen LogP contribution is -2.03. The average molecular weight is 407 g/mol. The molecule has 148 valence electrons. The number of rotatable bonds is 9. The number of hydrogen-bond donors (Lipinski definition) is 1. The summed E-state index contributed by atoms with van der Waals surface area (Å²) >= 11 is 1.69. The summed E-state index contributed by atoms with van der Waals surface area (Å²) in [6, 6.07) is 18.4. The zero-order chi connectivity index (χ0) is 19.9. The Hall–Kier alpha value is -3.13. The van der Waals surface area contributed by atoms with Crippen LogP contribution in [0.4, 0.5) is 0 Å². The predicted molar refractivity (Wildman–Crippen MR) is 113 cm³/mol. The first-order valence-electron chi connectivity index (χ1n) is 9.48. The smallest absolute Gasteiger partial charge is 0.206 e. The van der Waals surface area contributed by atoms with Crippen molar-refractivity contribution in [3.05, 3.63) is 66.5 Å². The molecule has 0 spiro atoms. The second kappa shape index (κ2) is 9.38. The molecule has 0 radical (unpaired) electrons. The molecule has 8 heteroatoms. The van der Waals surface area contributed by atoms with E-state index in [-0.39, 0.29) is 0 Å². The van der Waals surface area contributed by atoms with Crippen LogP contribution in [0.3, 0.4) is 0 Å². The van der Waals surface area contributed by atoms with Gasteiger partial charge in [-0.3, -0.25) is 9.67 Å². The zero-order valence-corrected chi connectivity index (χ0v) is 17.0. The number of aryl methyl sites for hydroxylation is 1. The highest BCUT2D eigenvalue weighted by Gasteiger charge is 2.20. The Bertz CT molecular complexity index is 1030. The lowest BCUT2D eigenvalue weighted by molar-refractivity contribution is 0.412. The molecule has 2 heterocycles. The monoisotopic (exact) mass is 406 g/mol. The van der Waals surface area contributed by atoms with E-state index in [0.29, 0.717) is 11.6 Å². The largest absolute Gasteiger partial charge is 0.495 e. The quantitative estimate of drug-likeness (QED) is 0.332. The molecule has 0 amide bonds. The van der Waals surface area contributed by atoms with Crippen LogP contribution in [0.15, 0.2) is 66.1 Å². The van der Waals surface area contributed by atoms with Crippen LogP contribution in [0.2, 0.25) is 0 Å². The highest BCUT2D eigenvalue weighted by molar-refractivity contribution is 7.99. The Morgan fingerprint density at radius 3 is 2.62 bits per heavy atom. The highest BCUT2D eigenvalue weighted by Crippen LogP contribution is 2.31. The van der Waals surface area contributed by atoms with Crippen molar-refractivity contribution >= 4 is 11.8 Å². The third-order valence-electron chi connectivity index (χ3n) is 4.52. The van der Waals surface area contributed by atoms with Crippen molar-refractivity contribution in [1.29, 1.82) is 0 Å². The van der Waals surface area contributed by atoms with E-state index in [0.717, 1.165) is 41.6 Å². The second-order valence-corrected chi connectivity index (χ2v) is 7.50. The van der Waals surface area contributed by atoms with Gasteiger partial charge >= 0.3 is 0 Å². The van der Waals surface area contributed by atoms with Gasteiger partial charge in [-0.25, -0.2) is 4.98 Å². The van der Waals surface area contributed by atoms with Gasteiger partial charge in [-0.2, -0.15) is 5.10 Å². The molecular formula is C21H22N6OS. The van der Waals surface area contributed by atoms with Crippen molar-refractivity contribution in [2.75, 3.05) is 12.9 Å². The average Bonchev–Trinajstić information content (AvgIpc) is 3.44. The van der Waals surface area contributed by atoms with E-state index in [1.165, 1.54) is 11.9 Å². The van der Waals surface area contributed by atoms with Crippen molar-refractivity contribution in [2.24, 2.45) is 0 Å². The van der Waals surface area contributed by atoms with Crippen LogP contribution >= 0.6 is 11.8 Å². The van der Waals surface area contributed by atoms with E-state index < -0.39 is 0 Å². The first kappa shape index (κ1) is 19.2. The predicted octanol–water partition coefficient (Wildman–Crippen LogP) is 4.18. The molecule has 2 aromatic carbocycles. The number of benzene rings is 2. The molecule has 0 aliphatic heterocycles. The van der Waals surface area contributed by atoms with Crippen LogP contribution in [-0.2, 0) is 6.42 Å². The molecule has 2 aromatic heterocycles. The Morgan fingerprint density at radius 2 is 1.83 bits per heavy atom. The van der Waals surface area contributed by atoms with E-state index in [9.17, 15) is 0 Å². The number of nitrogens with one attached hydrogen (secondary N) is 1. The number of methoxy groups -OCH3 is 1. The van der Waals surface area contributed by atoms with Crippen molar-refractivity contribution in [3.63, 3.8) is 0 Å². The number of H-pyrrole nitrogens is 1. The molecule has 0 bridgehead atoms. The minimum atomic E-state index is 0.569. The van der Waals surface area contributed by atoms with E-state index in [4.69, 9.17) is 4.74 Å². The maximum Gasteiger partial charge on any atom is 0.206 e. The Balaban J connectivity index is 1.51. The summed E-state index contributed by atoms with van der Waals surface area (Å²) in [5.74, 6) is 2.88. The second-order valence-electron chi connectivity index (χ2n) is 6.44. The van der Waals surface area contributed by atoms with Crippen molar-refractivity contribution in [2.45, 2.75) is 24.4 Å². The molecular weight excluding hydrogens is 384 g/mol. The first-order valence-corrected chi connectivity index (χ1v) is 10.5. The molecule has 29 heavy (non-hydrogen) atoms. The molecule has 1 N–H and O–H groups in total. The van der Waals surface area contributed by atoms with Crippen LogP contribution in [0, 0.1) is 0 Å². The van der Waals surface area contributed by atoms with Gasteiger partial charge in [-0.05, 0) is 37.0 Å². The van der Waals surface area contributed by atoms with Crippen LogP contribution in [0.25, 0.3) is 17.3 Å². The summed E-state index contributed by atoms with van der Waals surface area (Å²) in [6.07, 6.45) is 4.78. The summed E-state index contributed by atoms with van der Waals surface area (Å²) in [5.41, 5.74) is 2.25. The standard InChI is InChI=1S/C21H22N6OS/c1-28-18-13-6-5-12-17(18)27-20(19-22-15-23-24-19)25-26-21(27)29-14-8-7-11-16-9-3-2-4-10-16/h2-6,9-10,12-13,15H,7-8,11,14H2,1H3,(H,22,23,24). The van der Waals surface area contributed by atoms with E-state index in [1.807, 2.05) is 28.8 Å². The van der Waals surface area contributed by atoms with E-state index in [2.05, 4.69) is 55.7 Å². The third-order valence-corrected chi connectivity index (χ3v) is 5.54. The van der Waals surface area contributed by atoms with Gasteiger partial charge in [0.2, 0.25) is 5.82 Å². The van der Waals surface area contributed by atoms with Gasteiger partial charge in [0.15, 0.2) is 11.0 Å². The number of aromatic amines is 1. The normalized spacial score (nSPS) is 10.9. The highest BCUT2D eigenvalue weighted by atomic mass is 32.2. The Labute approximate surface area is 173 Å². The first-order chi connectivity index (χ1) is 14.4. The molecule has 0 fully saturated rings. The molecule has 0 aliphatic rings. The topological polar surface area (TPSA) is 81.5 Å². The SMILES string of the molecule is COc1ccccc1-n1c(SCCCCc2ccccc2)nnc1-c1ncn[nH]1. The van der Waals surface area contributed by atoms with Crippen LogP contribution < -0.4 is 4.74 Å². The van der Waals surface area contributed by atoms with Gasteiger partial charge in [0, 0.05) is 5.75 Å². The van der Waals surface area contributed by atoms with E-state index >= 15 is 0 Å². The summed E-state index contributed by atoms with van der Waals surface area (Å²) < 4.78 is 7.53. The van der Waals surface area contributed by atoms with Gasteiger partial charge in [0.05, 0.1) is 12.8 Å². The maximum atomic E-state index is 5.56. The minimum Gasteiger partial charge on any atom is -0.495 e. The fourth-order valence-corrected chi connectivity index (χ4v) is 4.04. The summed E-state index contributed by atoms with van der Waals surface area (Å²) in [5, 5.41) is 16.4. The molecule has 0 saturated heterocycles. The number of thioether (sulfide) groups is 1. The lowest BCUT2D eigenvalue weighted by atomic mass is 10.1. The number of aromatic nitrogens is 6. The Kier molecular flexibility index (Phi) is 6.21. The van der Waals surface area contributed by atoms with Gasteiger partial charge in [0.25, 0.3) is 0 Å². The molecule has 4 rings (SSSR count). The van der Waals surface area contributed by atoms with Crippen LogP contribution in [0.1, 0.15) is 18.4 Å². The number of unbranched alkanes of at least 4 members (excludes halogenated alkanes) is 1. The number of para-hydroxylation sites is 2.